The number of rotatable bonds is 8. The zero-order chi connectivity index (χ0) is 23.0. The maximum absolute atomic E-state index is 13.2. The second kappa shape index (κ2) is 11.2. The van der Waals surface area contributed by atoms with Crippen LogP contribution in [0, 0.1) is 5.92 Å². The first-order chi connectivity index (χ1) is 16.1. The molecule has 4 rings (SSSR count). The number of hydrogen-bond acceptors (Lipinski definition) is 4. The van der Waals surface area contributed by atoms with Crippen molar-refractivity contribution in [3.8, 4) is 0 Å². The Kier molecular flexibility index (Phi) is 7.89. The van der Waals surface area contributed by atoms with Crippen molar-refractivity contribution in [1.29, 1.82) is 0 Å². The monoisotopic (exact) mass is 461 g/mol. The Bertz CT molecular complexity index is 1020. The summed E-state index contributed by atoms with van der Waals surface area (Å²) in [6, 6.07) is 20.0. The van der Waals surface area contributed by atoms with Gasteiger partial charge in [-0.25, -0.2) is 0 Å². The average Bonchev–Trinajstić information content (AvgIpc) is 3.40. The Morgan fingerprint density at radius 1 is 1.06 bits per heavy atom. The number of carbonyl (C=O) groups is 2. The van der Waals surface area contributed by atoms with Gasteiger partial charge in [-0.2, -0.15) is 0 Å². The second-order valence-corrected chi connectivity index (χ2v) is 9.72. The molecule has 1 aliphatic heterocycles. The Labute approximate surface area is 200 Å². The minimum absolute atomic E-state index is 0.0500. The van der Waals surface area contributed by atoms with Crippen molar-refractivity contribution >= 4 is 23.2 Å². The molecule has 2 aromatic heterocycles. The van der Waals surface area contributed by atoms with Crippen LogP contribution in [0.25, 0.3) is 0 Å². The third-order valence-corrected chi connectivity index (χ3v) is 7.53. The van der Waals surface area contributed by atoms with Gasteiger partial charge in [0.2, 0.25) is 5.91 Å². The average molecular weight is 462 g/mol. The van der Waals surface area contributed by atoms with E-state index in [1.54, 1.807) is 23.6 Å². The lowest BCUT2D eigenvalue weighted by Gasteiger charge is -2.40. The molecule has 33 heavy (non-hydrogen) atoms. The molecular weight excluding hydrogens is 430 g/mol. The number of amides is 2. The molecule has 0 saturated carbocycles. The van der Waals surface area contributed by atoms with Crippen LogP contribution in [0.5, 0.6) is 0 Å². The highest BCUT2D eigenvalue weighted by Gasteiger charge is 2.33. The van der Waals surface area contributed by atoms with Gasteiger partial charge in [0, 0.05) is 43.7 Å². The smallest absolute Gasteiger partial charge is 0.272 e. The fraction of sp³-hybridized carbons (Fsp3) is 0.370. The van der Waals surface area contributed by atoms with E-state index in [9.17, 15) is 9.59 Å². The van der Waals surface area contributed by atoms with E-state index in [0.717, 1.165) is 38.8 Å². The summed E-state index contributed by atoms with van der Waals surface area (Å²) in [5, 5.41) is 2.06. The molecule has 172 valence electrons. The molecule has 2 amide bonds. The van der Waals surface area contributed by atoms with Crippen molar-refractivity contribution < 1.29 is 9.59 Å². The Hall–Kier alpha value is -2.99. The van der Waals surface area contributed by atoms with E-state index in [-0.39, 0.29) is 17.9 Å². The molecule has 5 nitrogen and oxygen atoms in total. The molecule has 6 heteroatoms. The molecular formula is C27H31N3O2S. The SMILES string of the molecule is CN(C(=O)c1ccccn1)C(Cc1ccccc1)C1CCN(C(=O)CCc2cccs2)CC1. The van der Waals surface area contributed by atoms with Gasteiger partial charge in [-0.1, -0.05) is 42.5 Å². The standard InChI is InChI=1S/C27H31N3O2S/c1-29(27(32)24-11-5-6-16-28-24)25(20-21-8-3-2-4-9-21)22-14-17-30(18-15-22)26(31)13-12-23-10-7-19-33-23/h2-11,16,19,22,25H,12-15,17-18,20H2,1H3. The van der Waals surface area contributed by atoms with Crippen LogP contribution in [0.2, 0.25) is 0 Å². The molecule has 0 bridgehead atoms. The van der Waals surface area contributed by atoms with Crippen molar-refractivity contribution in [2.24, 2.45) is 5.92 Å². The molecule has 1 atom stereocenters. The number of pyridine rings is 1. The summed E-state index contributed by atoms with van der Waals surface area (Å²) in [6.45, 7) is 1.51. The number of hydrogen-bond donors (Lipinski definition) is 0. The number of piperidine rings is 1. The van der Waals surface area contributed by atoms with Crippen molar-refractivity contribution in [3.05, 3.63) is 88.4 Å². The summed E-state index contributed by atoms with van der Waals surface area (Å²) >= 11 is 1.71. The number of aromatic nitrogens is 1. The highest BCUT2D eigenvalue weighted by atomic mass is 32.1. The predicted molar refractivity (Wildman–Crippen MR) is 132 cm³/mol. The van der Waals surface area contributed by atoms with Gasteiger partial charge in [-0.3, -0.25) is 14.6 Å². The zero-order valence-corrected chi connectivity index (χ0v) is 19.9. The van der Waals surface area contributed by atoms with Crippen LogP contribution < -0.4 is 0 Å². The molecule has 1 fully saturated rings. The largest absolute Gasteiger partial charge is 0.343 e. The molecule has 0 aliphatic carbocycles. The molecule has 3 aromatic rings. The number of likely N-dealkylation sites (tertiary alicyclic amines) is 1. The highest BCUT2D eigenvalue weighted by Crippen LogP contribution is 2.28. The van der Waals surface area contributed by atoms with Crippen LogP contribution in [0.4, 0.5) is 0 Å². The Balaban J connectivity index is 1.41. The molecule has 0 N–H and O–H groups in total. The molecule has 0 spiro atoms. The van der Waals surface area contributed by atoms with Gasteiger partial charge in [0.15, 0.2) is 0 Å². The van der Waals surface area contributed by atoms with Crippen molar-refractivity contribution in [3.63, 3.8) is 0 Å². The first-order valence-corrected chi connectivity index (χ1v) is 12.5. The van der Waals surface area contributed by atoms with Gasteiger partial charge < -0.3 is 9.80 Å². The van der Waals surface area contributed by atoms with Crippen LogP contribution in [-0.4, -0.2) is 52.8 Å². The molecule has 1 unspecified atom stereocenters. The molecule has 1 aliphatic rings. The predicted octanol–water partition coefficient (Wildman–Crippen LogP) is 4.70. The van der Waals surface area contributed by atoms with Crippen LogP contribution in [0.15, 0.2) is 72.2 Å². The number of nitrogens with zero attached hydrogens (tertiary/aromatic N) is 3. The van der Waals surface area contributed by atoms with Crippen molar-refractivity contribution in [2.75, 3.05) is 20.1 Å². The highest BCUT2D eigenvalue weighted by molar-refractivity contribution is 7.09. The van der Waals surface area contributed by atoms with E-state index < -0.39 is 0 Å². The number of carbonyl (C=O) groups excluding carboxylic acids is 2. The summed E-state index contributed by atoms with van der Waals surface area (Å²) in [5.74, 6) is 0.523. The molecule has 1 saturated heterocycles. The lowest BCUT2D eigenvalue weighted by Crippen LogP contribution is -2.48. The van der Waals surface area contributed by atoms with Crippen LogP contribution in [0.3, 0.4) is 0 Å². The van der Waals surface area contributed by atoms with Gasteiger partial charge in [-0.15, -0.1) is 11.3 Å². The van der Waals surface area contributed by atoms with Crippen molar-refractivity contribution in [2.45, 2.75) is 38.1 Å². The van der Waals surface area contributed by atoms with Gasteiger partial charge >= 0.3 is 0 Å². The normalized spacial score (nSPS) is 15.2. The molecule has 0 radical (unpaired) electrons. The minimum Gasteiger partial charge on any atom is -0.343 e. The minimum atomic E-state index is -0.0500. The summed E-state index contributed by atoms with van der Waals surface area (Å²) in [5.41, 5.74) is 1.69. The van der Waals surface area contributed by atoms with E-state index in [1.807, 2.05) is 53.2 Å². The fourth-order valence-corrected chi connectivity index (χ4v) is 5.38. The van der Waals surface area contributed by atoms with E-state index in [1.165, 1.54) is 10.4 Å². The van der Waals surface area contributed by atoms with E-state index in [0.29, 0.717) is 18.0 Å². The Morgan fingerprint density at radius 3 is 2.48 bits per heavy atom. The summed E-state index contributed by atoms with van der Waals surface area (Å²) in [6.07, 6.45) is 5.65. The van der Waals surface area contributed by atoms with Gasteiger partial charge in [0.25, 0.3) is 5.91 Å². The van der Waals surface area contributed by atoms with Gasteiger partial charge in [-0.05, 0) is 60.7 Å². The number of aryl methyl sites for hydroxylation is 1. The summed E-state index contributed by atoms with van der Waals surface area (Å²) in [4.78, 5) is 35.3. The first-order valence-electron chi connectivity index (χ1n) is 11.6. The maximum atomic E-state index is 13.2. The number of likely N-dealkylation sites (N-methyl/N-ethyl adjacent to an activating group) is 1. The summed E-state index contributed by atoms with van der Waals surface area (Å²) < 4.78 is 0. The summed E-state index contributed by atoms with van der Waals surface area (Å²) in [7, 11) is 1.89. The number of benzene rings is 1. The van der Waals surface area contributed by atoms with Crippen molar-refractivity contribution in [1.82, 2.24) is 14.8 Å². The Morgan fingerprint density at radius 2 is 1.82 bits per heavy atom. The molecule has 3 heterocycles. The van der Waals surface area contributed by atoms with E-state index in [2.05, 4.69) is 28.6 Å². The van der Waals surface area contributed by atoms with Gasteiger partial charge in [0.05, 0.1) is 0 Å². The second-order valence-electron chi connectivity index (χ2n) is 8.69. The lowest BCUT2D eigenvalue weighted by molar-refractivity contribution is -0.132. The van der Waals surface area contributed by atoms with Crippen LogP contribution >= 0.6 is 11.3 Å². The fourth-order valence-electron chi connectivity index (χ4n) is 4.67. The van der Waals surface area contributed by atoms with E-state index in [4.69, 9.17) is 0 Å². The first kappa shape index (κ1) is 23.2. The van der Waals surface area contributed by atoms with Crippen LogP contribution in [-0.2, 0) is 17.6 Å². The van der Waals surface area contributed by atoms with E-state index >= 15 is 0 Å². The topological polar surface area (TPSA) is 53.5 Å². The third-order valence-electron chi connectivity index (χ3n) is 6.59. The van der Waals surface area contributed by atoms with Crippen LogP contribution in [0.1, 0.15) is 40.2 Å². The quantitative estimate of drug-likeness (QED) is 0.489. The maximum Gasteiger partial charge on any atom is 0.272 e. The lowest BCUT2D eigenvalue weighted by atomic mass is 9.84. The number of thiophene rings is 1. The molecule has 1 aromatic carbocycles. The van der Waals surface area contributed by atoms with Gasteiger partial charge in [0.1, 0.15) is 5.69 Å². The zero-order valence-electron chi connectivity index (χ0n) is 19.1. The third kappa shape index (κ3) is 6.08.